The van der Waals surface area contributed by atoms with Gasteiger partial charge >= 0.3 is 0 Å². The minimum atomic E-state index is 0.886. The quantitative estimate of drug-likeness (QED) is 0.729. The monoisotopic (exact) mass is 210 g/mol. The Kier molecular flexibility index (Phi) is 5.64. The van der Waals surface area contributed by atoms with Gasteiger partial charge in [-0.2, -0.15) is 11.8 Å². The fourth-order valence-corrected chi connectivity index (χ4v) is 1.78. The van der Waals surface area contributed by atoms with Crippen molar-refractivity contribution >= 4 is 11.8 Å². The molecule has 0 aliphatic heterocycles. The summed E-state index contributed by atoms with van der Waals surface area (Å²) in [6.07, 6.45) is 1.85. The zero-order valence-electron chi connectivity index (χ0n) is 8.92. The maximum absolute atomic E-state index is 4.33. The molecule has 0 unspecified atom stereocenters. The molecule has 0 saturated carbocycles. The number of hydrogen-bond donors (Lipinski definition) is 1. The minimum absolute atomic E-state index is 0.886. The second-order valence-electron chi connectivity index (χ2n) is 3.14. The van der Waals surface area contributed by atoms with Crippen molar-refractivity contribution in [2.45, 2.75) is 20.4 Å². The highest BCUT2D eigenvalue weighted by molar-refractivity contribution is 7.99. The molecule has 0 fully saturated rings. The van der Waals surface area contributed by atoms with Crippen LogP contribution in [0.5, 0.6) is 0 Å². The van der Waals surface area contributed by atoms with Crippen molar-refractivity contribution in [2.24, 2.45) is 0 Å². The lowest BCUT2D eigenvalue weighted by molar-refractivity contribution is 0.711. The predicted molar refractivity (Wildman–Crippen MR) is 63.7 cm³/mol. The molecule has 1 aromatic heterocycles. The Morgan fingerprint density at radius 1 is 1.50 bits per heavy atom. The Bertz CT molecular complexity index is 263. The van der Waals surface area contributed by atoms with Gasteiger partial charge in [-0.05, 0) is 24.3 Å². The predicted octanol–water partition coefficient (Wildman–Crippen LogP) is 2.23. The molecule has 0 amide bonds. The Balaban J connectivity index is 2.21. The topological polar surface area (TPSA) is 24.9 Å². The molecule has 0 saturated heterocycles. The van der Waals surface area contributed by atoms with Crippen LogP contribution in [0, 0.1) is 6.92 Å². The molecule has 78 valence electrons. The van der Waals surface area contributed by atoms with Crippen LogP contribution in [0.2, 0.25) is 0 Å². The van der Waals surface area contributed by atoms with E-state index in [1.807, 2.05) is 24.0 Å². The second kappa shape index (κ2) is 6.85. The average Bonchev–Trinajstić information content (AvgIpc) is 2.20. The molecule has 1 heterocycles. The highest BCUT2D eigenvalue weighted by Gasteiger charge is 1.96. The van der Waals surface area contributed by atoms with Crippen LogP contribution in [0.3, 0.4) is 0 Å². The van der Waals surface area contributed by atoms with E-state index in [1.54, 1.807) is 0 Å². The van der Waals surface area contributed by atoms with Gasteiger partial charge in [-0.15, -0.1) is 0 Å². The van der Waals surface area contributed by atoms with Crippen LogP contribution in [0.25, 0.3) is 0 Å². The lowest BCUT2D eigenvalue weighted by Gasteiger charge is -2.05. The highest BCUT2D eigenvalue weighted by atomic mass is 32.2. The van der Waals surface area contributed by atoms with Crippen LogP contribution in [-0.4, -0.2) is 23.0 Å². The van der Waals surface area contributed by atoms with E-state index in [2.05, 4.69) is 30.2 Å². The van der Waals surface area contributed by atoms with E-state index in [0.717, 1.165) is 18.8 Å². The number of nitrogens with one attached hydrogen (secondary N) is 1. The second-order valence-corrected chi connectivity index (χ2v) is 4.53. The summed E-state index contributed by atoms with van der Waals surface area (Å²) in [6.45, 7) is 6.24. The van der Waals surface area contributed by atoms with Gasteiger partial charge in [0.1, 0.15) is 0 Å². The summed E-state index contributed by atoms with van der Waals surface area (Å²) in [6, 6.07) is 4.08. The summed E-state index contributed by atoms with van der Waals surface area (Å²) in [5.41, 5.74) is 2.43. The summed E-state index contributed by atoms with van der Waals surface area (Å²) in [5, 5.41) is 3.39. The number of hydrogen-bond acceptors (Lipinski definition) is 3. The molecule has 3 heteroatoms. The molecule has 0 aromatic carbocycles. The lowest BCUT2D eigenvalue weighted by atomic mass is 10.2. The first-order valence-corrected chi connectivity index (χ1v) is 6.19. The fraction of sp³-hybridized carbons (Fsp3) is 0.545. The summed E-state index contributed by atoms with van der Waals surface area (Å²) in [7, 11) is 0. The van der Waals surface area contributed by atoms with Crippen LogP contribution >= 0.6 is 11.8 Å². The van der Waals surface area contributed by atoms with E-state index in [4.69, 9.17) is 0 Å². The van der Waals surface area contributed by atoms with Gasteiger partial charge in [0.15, 0.2) is 0 Å². The fourth-order valence-electron chi connectivity index (χ4n) is 1.20. The molecule has 0 aliphatic carbocycles. The number of pyridine rings is 1. The molecule has 0 aliphatic rings. The van der Waals surface area contributed by atoms with Crippen LogP contribution in [0.1, 0.15) is 18.2 Å². The highest BCUT2D eigenvalue weighted by Crippen LogP contribution is 2.02. The molecule has 1 N–H and O–H groups in total. The van der Waals surface area contributed by atoms with Gasteiger partial charge in [0, 0.05) is 25.0 Å². The number of nitrogens with zero attached hydrogens (tertiary/aromatic N) is 1. The van der Waals surface area contributed by atoms with Crippen LogP contribution in [0.4, 0.5) is 0 Å². The zero-order valence-corrected chi connectivity index (χ0v) is 9.73. The average molecular weight is 210 g/mol. The number of thioether (sulfide) groups is 1. The van der Waals surface area contributed by atoms with Crippen molar-refractivity contribution in [3.8, 4) is 0 Å². The van der Waals surface area contributed by atoms with Crippen molar-refractivity contribution < 1.29 is 0 Å². The summed E-state index contributed by atoms with van der Waals surface area (Å²) in [4.78, 5) is 4.33. The standard InChI is InChI=1S/C11H18N2S/c1-3-14-8-7-12-9-11-10(2)5-4-6-13-11/h4-6,12H,3,7-9H2,1-2H3. The molecule has 1 rings (SSSR count). The van der Waals surface area contributed by atoms with Crippen molar-refractivity contribution in [3.05, 3.63) is 29.6 Å². The van der Waals surface area contributed by atoms with Gasteiger partial charge in [-0.3, -0.25) is 4.98 Å². The first-order valence-electron chi connectivity index (χ1n) is 5.03. The van der Waals surface area contributed by atoms with Gasteiger partial charge in [0.25, 0.3) is 0 Å². The molecular weight excluding hydrogens is 192 g/mol. The molecule has 14 heavy (non-hydrogen) atoms. The first-order chi connectivity index (χ1) is 6.84. The minimum Gasteiger partial charge on any atom is -0.310 e. The molecule has 0 radical (unpaired) electrons. The van der Waals surface area contributed by atoms with Gasteiger partial charge in [0.2, 0.25) is 0 Å². The van der Waals surface area contributed by atoms with E-state index in [0.29, 0.717) is 0 Å². The summed E-state index contributed by atoms with van der Waals surface area (Å²) >= 11 is 1.96. The van der Waals surface area contributed by atoms with Gasteiger partial charge in [-0.25, -0.2) is 0 Å². The van der Waals surface area contributed by atoms with Crippen LogP contribution in [-0.2, 0) is 6.54 Å². The normalized spacial score (nSPS) is 10.4. The van der Waals surface area contributed by atoms with E-state index in [9.17, 15) is 0 Å². The van der Waals surface area contributed by atoms with Crippen molar-refractivity contribution in [3.63, 3.8) is 0 Å². The third-order valence-corrected chi connectivity index (χ3v) is 2.94. The molecule has 1 aromatic rings. The van der Waals surface area contributed by atoms with Crippen molar-refractivity contribution in [1.29, 1.82) is 0 Å². The zero-order chi connectivity index (χ0) is 10.2. The van der Waals surface area contributed by atoms with E-state index in [1.165, 1.54) is 17.1 Å². The Morgan fingerprint density at radius 3 is 3.07 bits per heavy atom. The van der Waals surface area contributed by atoms with Crippen molar-refractivity contribution in [2.75, 3.05) is 18.1 Å². The van der Waals surface area contributed by atoms with Crippen LogP contribution < -0.4 is 5.32 Å². The van der Waals surface area contributed by atoms with Gasteiger partial charge in [-0.1, -0.05) is 13.0 Å². The van der Waals surface area contributed by atoms with E-state index in [-0.39, 0.29) is 0 Å². The molecule has 0 spiro atoms. The number of aryl methyl sites for hydroxylation is 1. The Hall–Kier alpha value is -0.540. The maximum atomic E-state index is 4.33. The van der Waals surface area contributed by atoms with Gasteiger partial charge < -0.3 is 5.32 Å². The summed E-state index contributed by atoms with van der Waals surface area (Å²) in [5.74, 6) is 2.38. The number of rotatable bonds is 6. The van der Waals surface area contributed by atoms with Crippen LogP contribution in [0.15, 0.2) is 18.3 Å². The van der Waals surface area contributed by atoms with E-state index >= 15 is 0 Å². The Morgan fingerprint density at radius 2 is 2.36 bits per heavy atom. The smallest absolute Gasteiger partial charge is 0.0570 e. The lowest BCUT2D eigenvalue weighted by Crippen LogP contribution is -2.18. The summed E-state index contributed by atoms with van der Waals surface area (Å²) < 4.78 is 0. The van der Waals surface area contributed by atoms with Crippen molar-refractivity contribution in [1.82, 2.24) is 10.3 Å². The SMILES string of the molecule is CCSCCNCc1ncccc1C. The largest absolute Gasteiger partial charge is 0.310 e. The molecule has 0 bridgehead atoms. The third-order valence-electron chi connectivity index (χ3n) is 2.04. The Labute approximate surface area is 90.5 Å². The first kappa shape index (κ1) is 11.5. The maximum Gasteiger partial charge on any atom is 0.0570 e. The van der Waals surface area contributed by atoms with E-state index < -0.39 is 0 Å². The van der Waals surface area contributed by atoms with Gasteiger partial charge in [0.05, 0.1) is 5.69 Å². The molecule has 2 nitrogen and oxygen atoms in total. The number of aromatic nitrogens is 1. The molecule has 0 atom stereocenters. The molecular formula is C11H18N2S. The third kappa shape index (κ3) is 4.11.